The Balaban J connectivity index is 1.58. The Morgan fingerprint density at radius 2 is 1.87 bits per heavy atom. The molecule has 8 heteroatoms. The van der Waals surface area contributed by atoms with Crippen LogP contribution in [0, 0.1) is 18.8 Å². The van der Waals surface area contributed by atoms with Gasteiger partial charge < -0.3 is 14.5 Å². The summed E-state index contributed by atoms with van der Waals surface area (Å²) in [6.45, 7) is 2.26. The van der Waals surface area contributed by atoms with Gasteiger partial charge in [0.1, 0.15) is 29.6 Å². The van der Waals surface area contributed by atoms with Crippen LogP contribution in [0.1, 0.15) is 11.3 Å². The minimum Gasteiger partial charge on any atom is -0.496 e. The molecule has 1 N–H and O–H groups in total. The maximum Gasteiger partial charge on any atom is 0.219 e. The molecule has 1 aromatic carbocycles. The van der Waals surface area contributed by atoms with Crippen LogP contribution >= 0.6 is 0 Å². The molecule has 0 bridgehead atoms. The van der Waals surface area contributed by atoms with E-state index in [2.05, 4.69) is 19.9 Å². The number of aryl methyl sites for hydroxylation is 1. The molecule has 0 atom stereocenters. The minimum absolute atomic E-state index is 0.0838. The molecule has 0 aliphatic heterocycles. The highest BCUT2D eigenvalue weighted by Gasteiger charge is 2.18. The van der Waals surface area contributed by atoms with Crippen molar-refractivity contribution in [3.05, 3.63) is 78.0 Å². The molecule has 4 rings (SSSR count). The van der Waals surface area contributed by atoms with Crippen LogP contribution in [-0.4, -0.2) is 27.0 Å². The molecule has 6 nitrogen and oxygen atoms in total. The molecule has 3 heterocycles. The van der Waals surface area contributed by atoms with Gasteiger partial charge in [-0.25, -0.2) is 9.97 Å². The first-order valence-electron chi connectivity index (χ1n) is 9.13. The van der Waals surface area contributed by atoms with Crippen LogP contribution in [0.4, 0.5) is 8.78 Å². The fraction of sp³-hybridized carbons (Fsp3) is 0.136. The highest BCUT2D eigenvalue weighted by atomic mass is 19.1. The first-order valence-corrected chi connectivity index (χ1v) is 9.13. The van der Waals surface area contributed by atoms with Crippen molar-refractivity contribution in [1.82, 2.24) is 19.9 Å². The van der Waals surface area contributed by atoms with Crippen LogP contribution in [0.2, 0.25) is 0 Å². The summed E-state index contributed by atoms with van der Waals surface area (Å²) >= 11 is 0. The number of hydrogen-bond acceptors (Lipinski definition) is 5. The van der Waals surface area contributed by atoms with Crippen molar-refractivity contribution in [2.45, 2.75) is 13.5 Å². The number of methoxy groups -OCH3 is 1. The van der Waals surface area contributed by atoms with Crippen LogP contribution in [0.15, 0.2) is 54.9 Å². The van der Waals surface area contributed by atoms with Gasteiger partial charge in [0.05, 0.1) is 7.11 Å². The van der Waals surface area contributed by atoms with Crippen LogP contribution < -0.4 is 9.47 Å². The first-order chi connectivity index (χ1) is 14.5. The van der Waals surface area contributed by atoms with E-state index in [9.17, 15) is 8.78 Å². The zero-order valence-corrected chi connectivity index (χ0v) is 16.3. The van der Waals surface area contributed by atoms with Crippen molar-refractivity contribution >= 4 is 0 Å². The molecule has 0 saturated heterocycles. The summed E-state index contributed by atoms with van der Waals surface area (Å²) < 4.78 is 38.8. The van der Waals surface area contributed by atoms with Crippen LogP contribution in [0.3, 0.4) is 0 Å². The molecule has 0 saturated carbocycles. The van der Waals surface area contributed by atoms with Gasteiger partial charge in [0, 0.05) is 40.8 Å². The average Bonchev–Trinajstić information content (AvgIpc) is 3.15. The molecule has 152 valence electrons. The predicted molar refractivity (Wildman–Crippen MR) is 107 cm³/mol. The standard InChI is InChI=1S/C22H18F2N4O2/c1-13-3-4-14(10-25-13)12-30-16-6-7-17(18(9-16)29-2)20-21(24)28-22(27-20)15-5-8-19(23)26-11-15/h3-11H,12H2,1-2H3,(H,27,28). The molecule has 0 unspecified atom stereocenters. The van der Waals surface area contributed by atoms with Gasteiger partial charge in [-0.1, -0.05) is 6.07 Å². The molecule has 30 heavy (non-hydrogen) atoms. The van der Waals surface area contributed by atoms with Gasteiger partial charge in [-0.15, -0.1) is 0 Å². The quantitative estimate of drug-likeness (QED) is 0.468. The summed E-state index contributed by atoms with van der Waals surface area (Å²) in [4.78, 5) is 14.7. The third-order valence-corrected chi connectivity index (χ3v) is 4.47. The number of aromatic amines is 1. The molecule has 4 aromatic rings. The summed E-state index contributed by atoms with van der Waals surface area (Å²) in [5, 5.41) is 0. The van der Waals surface area contributed by atoms with Gasteiger partial charge in [0.25, 0.3) is 0 Å². The van der Waals surface area contributed by atoms with Crippen LogP contribution in [0.5, 0.6) is 11.5 Å². The van der Waals surface area contributed by atoms with Gasteiger partial charge in [-0.2, -0.15) is 8.78 Å². The fourth-order valence-corrected chi connectivity index (χ4v) is 2.89. The number of hydrogen-bond donors (Lipinski definition) is 1. The second kappa shape index (κ2) is 8.28. The molecular weight excluding hydrogens is 390 g/mol. The monoisotopic (exact) mass is 408 g/mol. The lowest BCUT2D eigenvalue weighted by Crippen LogP contribution is -1.98. The SMILES string of the molecule is COc1cc(OCc2ccc(C)nc2)ccc1-c1nc(-c2ccc(F)nc2)[nH]c1F. The Hall–Kier alpha value is -3.81. The second-order valence-electron chi connectivity index (χ2n) is 6.58. The van der Waals surface area contributed by atoms with E-state index in [0.29, 0.717) is 29.2 Å². The van der Waals surface area contributed by atoms with Crippen molar-refractivity contribution in [1.29, 1.82) is 0 Å². The minimum atomic E-state index is -0.632. The van der Waals surface area contributed by atoms with E-state index in [4.69, 9.17) is 9.47 Å². The van der Waals surface area contributed by atoms with Crippen molar-refractivity contribution < 1.29 is 18.3 Å². The normalized spacial score (nSPS) is 10.8. The van der Waals surface area contributed by atoms with Gasteiger partial charge in [-0.3, -0.25) is 4.98 Å². The van der Waals surface area contributed by atoms with Crippen molar-refractivity contribution in [3.63, 3.8) is 0 Å². The summed E-state index contributed by atoms with van der Waals surface area (Å²) in [6.07, 6.45) is 3.04. The average molecular weight is 408 g/mol. The summed E-state index contributed by atoms with van der Waals surface area (Å²) in [7, 11) is 1.49. The number of H-pyrrole nitrogens is 1. The Labute approximate surface area is 171 Å². The maximum atomic E-state index is 14.6. The number of nitrogens with zero attached hydrogens (tertiary/aromatic N) is 3. The number of pyridine rings is 2. The third-order valence-electron chi connectivity index (χ3n) is 4.47. The number of imidazole rings is 1. The Bertz CT molecular complexity index is 1160. The maximum absolute atomic E-state index is 14.6. The van der Waals surface area contributed by atoms with Gasteiger partial charge in [-0.05, 0) is 37.3 Å². The van der Waals surface area contributed by atoms with E-state index in [0.717, 1.165) is 11.3 Å². The molecule has 0 aliphatic rings. The molecular formula is C22H18F2N4O2. The number of ether oxygens (including phenoxy) is 2. The molecule has 0 aliphatic carbocycles. The Kier molecular flexibility index (Phi) is 5.38. The summed E-state index contributed by atoms with van der Waals surface area (Å²) in [5.74, 6) is -0.0419. The highest BCUT2D eigenvalue weighted by molar-refractivity contribution is 5.71. The zero-order valence-electron chi connectivity index (χ0n) is 16.3. The van der Waals surface area contributed by atoms with Gasteiger partial charge in [0.15, 0.2) is 0 Å². The lowest BCUT2D eigenvalue weighted by atomic mass is 10.1. The first kappa shape index (κ1) is 19.5. The molecule has 0 fully saturated rings. The predicted octanol–water partition coefficient (Wildman–Crippen LogP) is 4.71. The fourth-order valence-electron chi connectivity index (χ4n) is 2.89. The van der Waals surface area contributed by atoms with E-state index in [1.165, 1.54) is 25.4 Å². The number of halogens is 2. The van der Waals surface area contributed by atoms with Crippen molar-refractivity contribution in [2.24, 2.45) is 0 Å². The second-order valence-corrected chi connectivity index (χ2v) is 6.58. The van der Waals surface area contributed by atoms with E-state index >= 15 is 0 Å². The lowest BCUT2D eigenvalue weighted by molar-refractivity contribution is 0.303. The largest absolute Gasteiger partial charge is 0.496 e. The highest BCUT2D eigenvalue weighted by Crippen LogP contribution is 2.35. The topological polar surface area (TPSA) is 72.9 Å². The Morgan fingerprint density at radius 3 is 2.57 bits per heavy atom. The Morgan fingerprint density at radius 1 is 1.00 bits per heavy atom. The summed E-state index contributed by atoms with van der Waals surface area (Å²) in [6, 6.07) is 11.6. The van der Waals surface area contributed by atoms with Crippen molar-refractivity contribution in [3.8, 4) is 34.1 Å². The number of rotatable bonds is 6. The van der Waals surface area contributed by atoms with Gasteiger partial charge in [0.2, 0.25) is 11.9 Å². The van der Waals surface area contributed by atoms with Crippen molar-refractivity contribution in [2.75, 3.05) is 7.11 Å². The molecule has 0 amide bonds. The number of nitrogens with one attached hydrogen (secondary N) is 1. The van der Waals surface area contributed by atoms with E-state index in [-0.39, 0.29) is 11.5 Å². The molecule has 0 spiro atoms. The van der Waals surface area contributed by atoms with E-state index in [1.807, 2.05) is 19.1 Å². The summed E-state index contributed by atoms with van der Waals surface area (Å²) in [5.41, 5.74) is 2.87. The third kappa shape index (κ3) is 4.12. The van der Waals surface area contributed by atoms with Crippen LogP contribution in [0.25, 0.3) is 22.6 Å². The van der Waals surface area contributed by atoms with Crippen LogP contribution in [-0.2, 0) is 6.61 Å². The zero-order chi connectivity index (χ0) is 21.1. The smallest absolute Gasteiger partial charge is 0.219 e. The van der Waals surface area contributed by atoms with Gasteiger partial charge >= 0.3 is 0 Å². The lowest BCUT2D eigenvalue weighted by Gasteiger charge is -2.11. The molecule has 0 radical (unpaired) electrons. The number of aromatic nitrogens is 4. The van der Waals surface area contributed by atoms with E-state index in [1.54, 1.807) is 24.4 Å². The van der Waals surface area contributed by atoms with E-state index < -0.39 is 11.9 Å². The number of benzene rings is 1. The molecule has 3 aromatic heterocycles.